The summed E-state index contributed by atoms with van der Waals surface area (Å²) in [4.78, 5) is 29.6. The molecule has 4 rings (SSSR count). The van der Waals surface area contributed by atoms with Gasteiger partial charge in [-0.15, -0.1) is 0 Å². The van der Waals surface area contributed by atoms with E-state index in [2.05, 4.69) is 0 Å². The lowest BCUT2D eigenvalue weighted by atomic mass is 10.0. The Morgan fingerprint density at radius 2 is 1.57 bits per heavy atom. The molecule has 0 unspecified atom stereocenters. The van der Waals surface area contributed by atoms with Crippen molar-refractivity contribution in [3.05, 3.63) is 76.7 Å². The molecule has 0 aliphatic carbocycles. The molecule has 1 saturated heterocycles. The molecule has 0 saturated carbocycles. The van der Waals surface area contributed by atoms with Gasteiger partial charge in [-0.3, -0.25) is 14.5 Å². The number of rotatable bonds is 4. The van der Waals surface area contributed by atoms with Crippen LogP contribution in [0.2, 0.25) is 0 Å². The van der Waals surface area contributed by atoms with Crippen LogP contribution in [0.1, 0.15) is 16.7 Å². The topological polar surface area (TPSA) is 49.9 Å². The van der Waals surface area contributed by atoms with E-state index in [-0.39, 0.29) is 24.2 Å². The molecule has 5 nitrogen and oxygen atoms in total. The fourth-order valence-electron chi connectivity index (χ4n) is 3.54. The maximum absolute atomic E-state index is 13.2. The van der Waals surface area contributed by atoms with Crippen molar-refractivity contribution in [1.29, 1.82) is 0 Å². The summed E-state index contributed by atoms with van der Waals surface area (Å²) >= 11 is 0. The molecule has 1 fully saturated rings. The molecule has 2 aliphatic rings. The van der Waals surface area contributed by atoms with Crippen molar-refractivity contribution < 1.29 is 18.7 Å². The number of carbonyl (C=O) groups is 2. The van der Waals surface area contributed by atoms with Crippen LogP contribution in [-0.4, -0.2) is 47.9 Å². The second kappa shape index (κ2) is 7.56. The van der Waals surface area contributed by atoms with E-state index in [1.165, 1.54) is 17.0 Å². The van der Waals surface area contributed by atoms with Gasteiger partial charge in [0.2, 0.25) is 0 Å². The van der Waals surface area contributed by atoms with Crippen LogP contribution in [-0.2, 0) is 20.9 Å². The van der Waals surface area contributed by atoms with Gasteiger partial charge in [-0.2, -0.15) is 0 Å². The molecule has 2 aliphatic heterocycles. The Labute approximate surface area is 163 Å². The minimum atomic E-state index is -0.352. The predicted molar refractivity (Wildman–Crippen MR) is 102 cm³/mol. The van der Waals surface area contributed by atoms with E-state index in [1.807, 2.05) is 36.1 Å². The number of hydrogen-bond donors (Lipinski definition) is 0. The number of halogens is 1. The van der Waals surface area contributed by atoms with E-state index < -0.39 is 0 Å². The molecule has 2 aromatic rings. The Bertz CT molecular complexity index is 929. The van der Waals surface area contributed by atoms with Gasteiger partial charge in [0.05, 0.1) is 25.3 Å². The summed E-state index contributed by atoms with van der Waals surface area (Å²) in [6, 6.07) is 13.5. The van der Waals surface area contributed by atoms with Crippen LogP contribution in [0.15, 0.2) is 54.2 Å². The van der Waals surface area contributed by atoms with Crippen LogP contribution in [0, 0.1) is 12.7 Å². The third-order valence-corrected chi connectivity index (χ3v) is 5.07. The van der Waals surface area contributed by atoms with E-state index in [0.29, 0.717) is 43.1 Å². The predicted octanol–water partition coefficient (Wildman–Crippen LogP) is 2.75. The monoisotopic (exact) mass is 380 g/mol. The quantitative estimate of drug-likeness (QED) is 0.766. The Hall–Kier alpha value is -2.99. The standard InChI is InChI=1S/C22H21FN2O3/c1-15-2-6-17(7-3-15)19-20(24-10-12-28-13-11-24)22(27)25(21(19)26)14-16-4-8-18(23)9-5-16/h2-9H,10-14H2,1H3. The minimum Gasteiger partial charge on any atom is -0.378 e. The maximum atomic E-state index is 13.2. The fraction of sp³-hybridized carbons (Fsp3) is 0.273. The summed E-state index contributed by atoms with van der Waals surface area (Å²) in [5.41, 5.74) is 3.37. The number of amides is 2. The molecule has 2 amide bonds. The van der Waals surface area contributed by atoms with E-state index in [4.69, 9.17) is 4.74 Å². The second-order valence-electron chi connectivity index (χ2n) is 7.01. The Morgan fingerprint density at radius 3 is 2.21 bits per heavy atom. The summed E-state index contributed by atoms with van der Waals surface area (Å²) in [6.07, 6.45) is 0. The Morgan fingerprint density at radius 1 is 0.929 bits per heavy atom. The number of hydrogen-bond acceptors (Lipinski definition) is 4. The Balaban J connectivity index is 1.72. The number of imide groups is 1. The highest BCUT2D eigenvalue weighted by Gasteiger charge is 2.41. The van der Waals surface area contributed by atoms with Crippen molar-refractivity contribution in [2.45, 2.75) is 13.5 Å². The zero-order chi connectivity index (χ0) is 19.7. The number of morpholine rings is 1. The highest BCUT2D eigenvalue weighted by Crippen LogP contribution is 2.33. The van der Waals surface area contributed by atoms with E-state index >= 15 is 0 Å². The molecular formula is C22H21FN2O3. The highest BCUT2D eigenvalue weighted by molar-refractivity contribution is 6.35. The maximum Gasteiger partial charge on any atom is 0.278 e. The summed E-state index contributed by atoms with van der Waals surface area (Å²) in [5.74, 6) is -0.984. The third-order valence-electron chi connectivity index (χ3n) is 5.07. The summed E-state index contributed by atoms with van der Waals surface area (Å²) in [7, 11) is 0. The minimum absolute atomic E-state index is 0.112. The zero-order valence-electron chi connectivity index (χ0n) is 15.7. The number of benzene rings is 2. The highest BCUT2D eigenvalue weighted by atomic mass is 19.1. The van der Waals surface area contributed by atoms with Gasteiger partial charge < -0.3 is 9.64 Å². The van der Waals surface area contributed by atoms with Crippen LogP contribution in [0.4, 0.5) is 4.39 Å². The number of aryl methyl sites for hydroxylation is 1. The van der Waals surface area contributed by atoms with Gasteiger partial charge >= 0.3 is 0 Å². The summed E-state index contributed by atoms with van der Waals surface area (Å²) < 4.78 is 18.6. The smallest absolute Gasteiger partial charge is 0.278 e. The molecule has 144 valence electrons. The first kappa shape index (κ1) is 18.4. The lowest BCUT2D eigenvalue weighted by molar-refractivity contribution is -0.138. The van der Waals surface area contributed by atoms with Crippen LogP contribution < -0.4 is 0 Å². The van der Waals surface area contributed by atoms with Gasteiger partial charge in [0.25, 0.3) is 11.8 Å². The van der Waals surface area contributed by atoms with E-state index in [9.17, 15) is 14.0 Å². The van der Waals surface area contributed by atoms with Gasteiger partial charge in [0, 0.05) is 13.1 Å². The molecule has 28 heavy (non-hydrogen) atoms. The van der Waals surface area contributed by atoms with Crippen LogP contribution in [0.25, 0.3) is 5.57 Å². The van der Waals surface area contributed by atoms with Crippen molar-refractivity contribution in [2.75, 3.05) is 26.3 Å². The summed E-state index contributed by atoms with van der Waals surface area (Å²) in [5, 5.41) is 0. The summed E-state index contributed by atoms with van der Waals surface area (Å²) in [6.45, 7) is 4.25. The van der Waals surface area contributed by atoms with Crippen LogP contribution in [0.5, 0.6) is 0 Å². The molecule has 6 heteroatoms. The van der Waals surface area contributed by atoms with Gasteiger partial charge in [-0.05, 0) is 30.2 Å². The SMILES string of the molecule is Cc1ccc(C2=C(N3CCOCC3)C(=O)N(Cc3ccc(F)cc3)C2=O)cc1. The Kier molecular flexibility index (Phi) is 4.96. The first-order valence-corrected chi connectivity index (χ1v) is 9.29. The number of carbonyl (C=O) groups excluding carboxylic acids is 2. The average Bonchev–Trinajstić information content (AvgIpc) is 2.95. The van der Waals surface area contributed by atoms with E-state index in [1.54, 1.807) is 12.1 Å². The fourth-order valence-corrected chi connectivity index (χ4v) is 3.54. The first-order chi connectivity index (χ1) is 13.5. The van der Waals surface area contributed by atoms with Crippen molar-refractivity contribution in [3.63, 3.8) is 0 Å². The van der Waals surface area contributed by atoms with Crippen LogP contribution >= 0.6 is 0 Å². The molecule has 2 aromatic carbocycles. The van der Waals surface area contributed by atoms with Gasteiger partial charge in [0.15, 0.2) is 0 Å². The normalized spacial score (nSPS) is 17.6. The number of ether oxygens (including phenoxy) is 1. The van der Waals surface area contributed by atoms with Gasteiger partial charge in [-0.1, -0.05) is 42.0 Å². The second-order valence-corrected chi connectivity index (χ2v) is 7.01. The van der Waals surface area contributed by atoms with Crippen molar-refractivity contribution in [1.82, 2.24) is 9.80 Å². The van der Waals surface area contributed by atoms with Gasteiger partial charge in [-0.25, -0.2) is 4.39 Å². The molecule has 0 atom stereocenters. The lowest BCUT2D eigenvalue weighted by Crippen LogP contribution is -2.40. The van der Waals surface area contributed by atoms with Crippen LogP contribution in [0.3, 0.4) is 0 Å². The largest absolute Gasteiger partial charge is 0.378 e. The molecule has 2 heterocycles. The molecule has 0 bridgehead atoms. The molecule has 0 aromatic heterocycles. The van der Waals surface area contributed by atoms with Gasteiger partial charge in [0.1, 0.15) is 11.5 Å². The molecule has 0 N–H and O–H groups in total. The van der Waals surface area contributed by atoms with Crippen molar-refractivity contribution in [3.8, 4) is 0 Å². The molecule has 0 spiro atoms. The lowest BCUT2D eigenvalue weighted by Gasteiger charge is -2.29. The van der Waals surface area contributed by atoms with Crippen molar-refractivity contribution >= 4 is 17.4 Å². The number of nitrogens with zero attached hydrogens (tertiary/aromatic N) is 2. The third kappa shape index (κ3) is 3.43. The molecule has 0 radical (unpaired) electrons. The zero-order valence-corrected chi connectivity index (χ0v) is 15.7. The first-order valence-electron chi connectivity index (χ1n) is 9.29. The van der Waals surface area contributed by atoms with E-state index in [0.717, 1.165) is 11.1 Å². The van der Waals surface area contributed by atoms with Crippen molar-refractivity contribution in [2.24, 2.45) is 0 Å². The molecular weight excluding hydrogens is 359 g/mol. The average molecular weight is 380 g/mol.